The number of fused-ring (bicyclic) bond motifs is 1. The van der Waals surface area contributed by atoms with Gasteiger partial charge in [-0.2, -0.15) is 0 Å². The molecule has 0 bridgehead atoms. The summed E-state index contributed by atoms with van der Waals surface area (Å²) in [5.74, 6) is 2.07. The molecule has 0 radical (unpaired) electrons. The maximum absolute atomic E-state index is 4.87. The summed E-state index contributed by atoms with van der Waals surface area (Å²) < 4.78 is 0. The van der Waals surface area contributed by atoms with Crippen LogP contribution in [-0.4, -0.2) is 66.2 Å². The van der Waals surface area contributed by atoms with Crippen LogP contribution in [0, 0.1) is 6.92 Å². The van der Waals surface area contributed by atoms with E-state index in [0.29, 0.717) is 6.04 Å². The molecule has 6 heteroatoms. The van der Waals surface area contributed by atoms with Crippen LogP contribution in [0.4, 0.5) is 11.5 Å². The molecule has 2 aromatic heterocycles. The Kier molecular flexibility index (Phi) is 4.76. The van der Waals surface area contributed by atoms with Crippen molar-refractivity contribution < 1.29 is 0 Å². The van der Waals surface area contributed by atoms with Gasteiger partial charge in [-0.25, -0.2) is 9.97 Å². The minimum atomic E-state index is 0.611. The molecule has 1 saturated heterocycles. The summed E-state index contributed by atoms with van der Waals surface area (Å²) in [5.41, 5.74) is 3.83. The van der Waals surface area contributed by atoms with E-state index < -0.39 is 0 Å². The first kappa shape index (κ1) is 17.2. The zero-order valence-corrected chi connectivity index (χ0v) is 16.0. The van der Waals surface area contributed by atoms with Crippen molar-refractivity contribution in [2.45, 2.75) is 32.2 Å². The van der Waals surface area contributed by atoms with Crippen LogP contribution in [0.25, 0.3) is 0 Å². The average Bonchev–Trinajstić information content (AvgIpc) is 3.04. The van der Waals surface area contributed by atoms with Gasteiger partial charge in [-0.1, -0.05) is 0 Å². The predicted molar refractivity (Wildman–Crippen MR) is 105 cm³/mol. The van der Waals surface area contributed by atoms with Crippen molar-refractivity contribution in [3.63, 3.8) is 0 Å². The van der Waals surface area contributed by atoms with Crippen LogP contribution < -0.4 is 9.80 Å². The highest BCUT2D eigenvalue weighted by atomic mass is 15.3. The van der Waals surface area contributed by atoms with Gasteiger partial charge in [0.1, 0.15) is 11.6 Å². The summed E-state index contributed by atoms with van der Waals surface area (Å²) in [6.07, 6.45) is 6.91. The number of aromatic nitrogens is 3. The molecule has 0 spiro atoms. The molecule has 0 unspecified atom stereocenters. The minimum absolute atomic E-state index is 0.611. The van der Waals surface area contributed by atoms with Gasteiger partial charge in [0.25, 0.3) is 0 Å². The van der Waals surface area contributed by atoms with Crippen molar-refractivity contribution in [3.05, 3.63) is 41.6 Å². The Balaban J connectivity index is 1.60. The van der Waals surface area contributed by atoms with E-state index in [0.717, 1.165) is 44.8 Å². The Morgan fingerprint density at radius 1 is 1.00 bits per heavy atom. The third-order valence-corrected chi connectivity index (χ3v) is 5.65. The molecular formula is C20H28N6. The lowest BCUT2D eigenvalue weighted by Crippen LogP contribution is -2.32. The van der Waals surface area contributed by atoms with Gasteiger partial charge in [0.2, 0.25) is 0 Å². The smallest absolute Gasteiger partial charge is 0.135 e. The van der Waals surface area contributed by atoms with E-state index in [9.17, 15) is 0 Å². The highest BCUT2D eigenvalue weighted by Gasteiger charge is 2.29. The Labute approximate surface area is 155 Å². The van der Waals surface area contributed by atoms with Crippen LogP contribution in [0.3, 0.4) is 0 Å². The first-order valence-corrected chi connectivity index (χ1v) is 9.54. The fourth-order valence-corrected chi connectivity index (χ4v) is 4.13. The van der Waals surface area contributed by atoms with E-state index in [1.54, 1.807) is 0 Å². The van der Waals surface area contributed by atoms with Crippen LogP contribution in [0.5, 0.6) is 0 Å². The van der Waals surface area contributed by atoms with Gasteiger partial charge in [0, 0.05) is 62.3 Å². The van der Waals surface area contributed by atoms with Crippen molar-refractivity contribution in [2.75, 3.05) is 50.1 Å². The Bertz CT molecular complexity index is 760. The second-order valence-corrected chi connectivity index (χ2v) is 7.56. The van der Waals surface area contributed by atoms with Crippen molar-refractivity contribution in [1.29, 1.82) is 0 Å². The van der Waals surface area contributed by atoms with Crippen molar-refractivity contribution in [3.8, 4) is 0 Å². The van der Waals surface area contributed by atoms with Gasteiger partial charge in [-0.15, -0.1) is 0 Å². The van der Waals surface area contributed by atoms with Crippen molar-refractivity contribution in [2.24, 2.45) is 0 Å². The largest absolute Gasteiger partial charge is 0.371 e. The lowest BCUT2D eigenvalue weighted by atomic mass is 10.1. The van der Waals surface area contributed by atoms with E-state index in [1.165, 1.54) is 29.2 Å². The Morgan fingerprint density at radius 3 is 2.50 bits per heavy atom. The Morgan fingerprint density at radius 2 is 1.77 bits per heavy atom. The zero-order valence-electron chi connectivity index (χ0n) is 16.0. The monoisotopic (exact) mass is 352 g/mol. The minimum Gasteiger partial charge on any atom is -0.371 e. The summed E-state index contributed by atoms with van der Waals surface area (Å²) in [4.78, 5) is 21.1. The third kappa shape index (κ3) is 3.38. The van der Waals surface area contributed by atoms with Gasteiger partial charge < -0.3 is 14.7 Å². The molecule has 0 N–H and O–H groups in total. The molecule has 4 rings (SSSR count). The first-order chi connectivity index (χ1) is 12.6. The summed E-state index contributed by atoms with van der Waals surface area (Å²) in [5, 5.41) is 0. The van der Waals surface area contributed by atoms with Crippen LogP contribution in [0.2, 0.25) is 0 Å². The number of hydrogen-bond acceptors (Lipinski definition) is 6. The van der Waals surface area contributed by atoms with Crippen LogP contribution >= 0.6 is 0 Å². The highest BCUT2D eigenvalue weighted by molar-refractivity contribution is 5.53. The van der Waals surface area contributed by atoms with E-state index in [2.05, 4.69) is 45.9 Å². The lowest BCUT2D eigenvalue weighted by Gasteiger charge is -2.24. The number of rotatable bonds is 3. The highest BCUT2D eigenvalue weighted by Crippen LogP contribution is 2.29. The summed E-state index contributed by atoms with van der Waals surface area (Å²) in [7, 11) is 4.35. The lowest BCUT2D eigenvalue weighted by molar-refractivity contribution is 0.315. The van der Waals surface area contributed by atoms with Crippen LogP contribution in [0.1, 0.15) is 23.5 Å². The third-order valence-electron chi connectivity index (χ3n) is 5.65. The van der Waals surface area contributed by atoms with E-state index in [4.69, 9.17) is 9.97 Å². The number of nitrogens with zero attached hydrogens (tertiary/aromatic N) is 6. The van der Waals surface area contributed by atoms with E-state index in [-0.39, 0.29) is 0 Å². The summed E-state index contributed by atoms with van der Waals surface area (Å²) in [6, 6.07) is 4.80. The number of anilines is 2. The quantitative estimate of drug-likeness (QED) is 0.841. The number of hydrogen-bond donors (Lipinski definition) is 0. The molecule has 6 nitrogen and oxygen atoms in total. The van der Waals surface area contributed by atoms with Crippen LogP contribution in [-0.2, 0) is 12.8 Å². The number of likely N-dealkylation sites (N-methyl/N-ethyl adjacent to an activating group) is 1. The predicted octanol–water partition coefficient (Wildman–Crippen LogP) is 1.93. The molecule has 0 aromatic carbocycles. The second-order valence-electron chi connectivity index (χ2n) is 7.56. The van der Waals surface area contributed by atoms with Gasteiger partial charge in [0.15, 0.2) is 0 Å². The topological polar surface area (TPSA) is 48.4 Å². The molecule has 138 valence electrons. The van der Waals surface area contributed by atoms with Crippen LogP contribution in [0.15, 0.2) is 24.5 Å². The summed E-state index contributed by atoms with van der Waals surface area (Å²) in [6.45, 7) is 6.16. The van der Waals surface area contributed by atoms with Crippen molar-refractivity contribution >= 4 is 11.5 Å². The molecule has 2 aliphatic heterocycles. The summed E-state index contributed by atoms with van der Waals surface area (Å²) >= 11 is 0. The molecular weight excluding hydrogens is 324 g/mol. The average molecular weight is 352 g/mol. The maximum Gasteiger partial charge on any atom is 0.135 e. The van der Waals surface area contributed by atoms with Gasteiger partial charge >= 0.3 is 0 Å². The van der Waals surface area contributed by atoms with Gasteiger partial charge in [0.05, 0.1) is 5.69 Å². The van der Waals surface area contributed by atoms with Gasteiger partial charge in [-0.3, -0.25) is 4.98 Å². The molecule has 2 aromatic rings. The van der Waals surface area contributed by atoms with E-state index in [1.807, 2.05) is 19.3 Å². The fourth-order valence-electron chi connectivity index (χ4n) is 4.13. The molecule has 0 amide bonds. The van der Waals surface area contributed by atoms with Crippen molar-refractivity contribution in [1.82, 2.24) is 19.9 Å². The molecule has 4 heterocycles. The zero-order chi connectivity index (χ0) is 18.1. The number of pyridine rings is 1. The maximum atomic E-state index is 4.87. The van der Waals surface area contributed by atoms with Gasteiger partial charge in [-0.05, 0) is 46.0 Å². The van der Waals surface area contributed by atoms with E-state index >= 15 is 0 Å². The molecule has 0 aliphatic carbocycles. The first-order valence-electron chi connectivity index (χ1n) is 9.54. The number of aryl methyl sites for hydroxylation is 1. The second kappa shape index (κ2) is 7.19. The molecule has 1 fully saturated rings. The standard InChI is InChI=1S/C20H28N6/c1-15-22-19-8-13-25(16-4-9-21-10-5-16)12-7-18(19)20(23-15)26-11-6-17(14-26)24(2)3/h4-5,9-10,17H,6-8,11-14H2,1-3H3/t17-/m0/s1. The SMILES string of the molecule is Cc1nc2c(c(N3CC[C@H](N(C)C)C3)n1)CCN(c1ccncc1)CC2. The Hall–Kier alpha value is -2.21. The fraction of sp³-hybridized carbons (Fsp3) is 0.550. The molecule has 1 atom stereocenters. The normalized spacial score (nSPS) is 20.4. The molecule has 2 aliphatic rings. The molecule has 26 heavy (non-hydrogen) atoms. The molecule has 0 saturated carbocycles.